The number of nitrogens with one attached hydrogen (secondary N) is 1. The van der Waals surface area contributed by atoms with Crippen molar-refractivity contribution in [3.8, 4) is 0 Å². The lowest BCUT2D eigenvalue weighted by Crippen LogP contribution is -2.22. The summed E-state index contributed by atoms with van der Waals surface area (Å²) in [7, 11) is 2.03. The first kappa shape index (κ1) is 14.6. The zero-order valence-corrected chi connectivity index (χ0v) is 13.2. The van der Waals surface area contributed by atoms with E-state index in [4.69, 9.17) is 11.6 Å². The molecule has 2 unspecified atom stereocenters. The van der Waals surface area contributed by atoms with Crippen molar-refractivity contribution in [2.24, 2.45) is 0 Å². The van der Waals surface area contributed by atoms with Gasteiger partial charge in [0.2, 0.25) is 0 Å². The van der Waals surface area contributed by atoms with Crippen molar-refractivity contribution in [2.75, 3.05) is 7.05 Å². The van der Waals surface area contributed by atoms with Gasteiger partial charge in [-0.05, 0) is 37.6 Å². The van der Waals surface area contributed by atoms with Gasteiger partial charge >= 0.3 is 0 Å². The minimum atomic E-state index is 0.323. The Morgan fingerprint density at radius 3 is 2.42 bits per heavy atom. The Hall–Kier alpha value is -0.830. The molecule has 102 valence electrons. The van der Waals surface area contributed by atoms with Gasteiger partial charge in [0.25, 0.3) is 0 Å². The first-order valence-electron chi connectivity index (χ1n) is 6.65. The molecule has 0 fully saturated rings. The summed E-state index contributed by atoms with van der Waals surface area (Å²) in [6.07, 6.45) is 1.10. The van der Waals surface area contributed by atoms with Crippen LogP contribution in [-0.4, -0.2) is 7.05 Å². The van der Waals surface area contributed by atoms with Crippen LogP contribution >= 0.6 is 22.9 Å². The number of aryl methyl sites for hydroxylation is 1. The van der Waals surface area contributed by atoms with E-state index in [9.17, 15) is 0 Å². The van der Waals surface area contributed by atoms with E-state index in [0.717, 1.165) is 10.8 Å². The highest BCUT2D eigenvalue weighted by Crippen LogP contribution is 2.39. The van der Waals surface area contributed by atoms with Gasteiger partial charge in [-0.2, -0.15) is 0 Å². The summed E-state index contributed by atoms with van der Waals surface area (Å²) in [5.41, 5.74) is 2.55. The maximum atomic E-state index is 6.22. The van der Waals surface area contributed by atoms with Gasteiger partial charge in [0, 0.05) is 16.8 Å². The fraction of sp³-hybridized carbons (Fsp3) is 0.375. The summed E-state index contributed by atoms with van der Waals surface area (Å²) in [6.45, 7) is 4.31. The highest BCUT2D eigenvalue weighted by atomic mass is 35.5. The lowest BCUT2D eigenvalue weighted by molar-refractivity contribution is 0.474. The molecule has 0 spiro atoms. The molecule has 2 aromatic rings. The smallest absolute Gasteiger partial charge is 0.0960 e. The van der Waals surface area contributed by atoms with E-state index in [1.54, 1.807) is 11.3 Å². The highest BCUT2D eigenvalue weighted by molar-refractivity contribution is 7.16. The number of hydrogen-bond acceptors (Lipinski definition) is 2. The third-order valence-electron chi connectivity index (χ3n) is 3.56. The molecule has 1 N–H and O–H groups in total. The Morgan fingerprint density at radius 2 is 1.95 bits per heavy atom. The molecule has 19 heavy (non-hydrogen) atoms. The predicted molar refractivity (Wildman–Crippen MR) is 85.3 cm³/mol. The third-order valence-corrected chi connectivity index (χ3v) is 5.20. The second kappa shape index (κ2) is 6.56. The number of thiophene rings is 1. The van der Waals surface area contributed by atoms with Gasteiger partial charge < -0.3 is 5.32 Å². The SMILES string of the molecule is CCC(c1ccccc1)C(NC)c1cc(C)c(Cl)s1. The topological polar surface area (TPSA) is 12.0 Å². The van der Waals surface area contributed by atoms with E-state index < -0.39 is 0 Å². The first-order chi connectivity index (χ1) is 9.17. The zero-order chi connectivity index (χ0) is 13.8. The Labute approximate surface area is 124 Å². The van der Waals surface area contributed by atoms with Crippen LogP contribution in [0.15, 0.2) is 36.4 Å². The van der Waals surface area contributed by atoms with E-state index in [1.165, 1.54) is 16.0 Å². The van der Waals surface area contributed by atoms with Crippen LogP contribution in [0, 0.1) is 6.92 Å². The lowest BCUT2D eigenvalue weighted by Gasteiger charge is -2.25. The van der Waals surface area contributed by atoms with Crippen LogP contribution in [0.2, 0.25) is 4.34 Å². The van der Waals surface area contributed by atoms with E-state index in [-0.39, 0.29) is 0 Å². The molecular weight excluding hydrogens is 274 g/mol. The van der Waals surface area contributed by atoms with Crippen molar-refractivity contribution in [2.45, 2.75) is 32.2 Å². The van der Waals surface area contributed by atoms with E-state index in [2.05, 4.69) is 55.6 Å². The normalized spacial score (nSPS) is 14.3. The van der Waals surface area contributed by atoms with Crippen LogP contribution < -0.4 is 5.32 Å². The summed E-state index contributed by atoms with van der Waals surface area (Å²) in [5.74, 6) is 0.473. The Bertz CT molecular complexity index is 501. The largest absolute Gasteiger partial charge is 0.312 e. The molecule has 0 saturated heterocycles. The number of benzene rings is 1. The Balaban J connectivity index is 2.34. The van der Waals surface area contributed by atoms with E-state index >= 15 is 0 Å². The molecule has 3 heteroatoms. The minimum absolute atomic E-state index is 0.323. The van der Waals surface area contributed by atoms with Gasteiger partial charge in [-0.1, -0.05) is 48.9 Å². The standard InChI is InChI=1S/C16H20ClNS/c1-4-13(12-8-6-5-7-9-12)15(18-3)14-10-11(2)16(17)19-14/h5-10,13,15,18H,4H2,1-3H3. The average Bonchev–Trinajstić information content (AvgIpc) is 2.76. The van der Waals surface area contributed by atoms with Crippen molar-refractivity contribution in [1.29, 1.82) is 0 Å². The van der Waals surface area contributed by atoms with Crippen LogP contribution in [0.5, 0.6) is 0 Å². The molecule has 0 amide bonds. The molecule has 0 bridgehead atoms. The van der Waals surface area contributed by atoms with Gasteiger partial charge in [-0.3, -0.25) is 0 Å². The molecule has 2 atom stereocenters. The summed E-state index contributed by atoms with van der Waals surface area (Å²) in [5, 5.41) is 3.46. The average molecular weight is 294 g/mol. The van der Waals surface area contributed by atoms with Crippen LogP contribution in [0.4, 0.5) is 0 Å². The molecule has 0 aliphatic heterocycles. The molecule has 0 radical (unpaired) electrons. The van der Waals surface area contributed by atoms with Crippen LogP contribution in [0.1, 0.15) is 41.3 Å². The number of halogens is 1. The third kappa shape index (κ3) is 3.19. The molecule has 2 rings (SSSR count). The van der Waals surface area contributed by atoms with Crippen LogP contribution in [0.3, 0.4) is 0 Å². The Kier molecular flexibility index (Phi) is 5.03. The first-order valence-corrected chi connectivity index (χ1v) is 7.84. The summed E-state index contributed by atoms with van der Waals surface area (Å²) < 4.78 is 0.901. The van der Waals surface area contributed by atoms with Crippen LogP contribution in [0.25, 0.3) is 0 Å². The lowest BCUT2D eigenvalue weighted by atomic mass is 9.88. The summed E-state index contributed by atoms with van der Waals surface area (Å²) >= 11 is 7.90. The second-order valence-corrected chi connectivity index (χ2v) is 6.48. The van der Waals surface area contributed by atoms with E-state index in [1.807, 2.05) is 7.05 Å². The molecule has 0 saturated carbocycles. The number of likely N-dealkylation sites (N-methyl/N-ethyl adjacent to an activating group) is 1. The van der Waals surface area contributed by atoms with Crippen molar-refractivity contribution in [3.63, 3.8) is 0 Å². The van der Waals surface area contributed by atoms with Crippen LogP contribution in [-0.2, 0) is 0 Å². The predicted octanol–water partition coefficient (Wildman–Crippen LogP) is 5.16. The van der Waals surface area contributed by atoms with Gasteiger partial charge in [0.15, 0.2) is 0 Å². The van der Waals surface area contributed by atoms with E-state index in [0.29, 0.717) is 12.0 Å². The number of hydrogen-bond donors (Lipinski definition) is 1. The summed E-state index contributed by atoms with van der Waals surface area (Å²) in [4.78, 5) is 1.32. The Morgan fingerprint density at radius 1 is 1.26 bits per heavy atom. The van der Waals surface area contributed by atoms with Gasteiger partial charge in [-0.15, -0.1) is 11.3 Å². The van der Waals surface area contributed by atoms with Crippen molar-refractivity contribution in [1.82, 2.24) is 5.32 Å². The van der Waals surface area contributed by atoms with Gasteiger partial charge in [0.05, 0.1) is 4.34 Å². The van der Waals surface area contributed by atoms with Gasteiger partial charge in [0.1, 0.15) is 0 Å². The fourth-order valence-corrected chi connectivity index (χ4v) is 3.94. The maximum Gasteiger partial charge on any atom is 0.0960 e. The molecule has 1 nitrogen and oxygen atoms in total. The second-order valence-electron chi connectivity index (χ2n) is 4.80. The molecule has 1 heterocycles. The highest BCUT2D eigenvalue weighted by Gasteiger charge is 2.23. The van der Waals surface area contributed by atoms with Crippen molar-refractivity contribution in [3.05, 3.63) is 56.7 Å². The molecule has 0 aliphatic carbocycles. The summed E-state index contributed by atoms with van der Waals surface area (Å²) in [6, 6.07) is 13.2. The maximum absolute atomic E-state index is 6.22. The zero-order valence-electron chi connectivity index (χ0n) is 11.6. The molecule has 0 aliphatic rings. The number of rotatable bonds is 5. The van der Waals surface area contributed by atoms with Crippen molar-refractivity contribution < 1.29 is 0 Å². The monoisotopic (exact) mass is 293 g/mol. The molecule has 1 aromatic heterocycles. The van der Waals surface area contributed by atoms with Gasteiger partial charge in [-0.25, -0.2) is 0 Å². The van der Waals surface area contributed by atoms with Crippen molar-refractivity contribution >= 4 is 22.9 Å². The molecular formula is C16H20ClNS. The minimum Gasteiger partial charge on any atom is -0.312 e. The molecule has 1 aromatic carbocycles. The fourth-order valence-electron chi connectivity index (χ4n) is 2.54. The quantitative estimate of drug-likeness (QED) is 0.802.